The van der Waals surface area contributed by atoms with Gasteiger partial charge in [-0.05, 0) is 12.8 Å². The van der Waals surface area contributed by atoms with Crippen LogP contribution in [0.25, 0.3) is 0 Å². The van der Waals surface area contributed by atoms with Gasteiger partial charge in [-0.2, -0.15) is 0 Å². The number of amides is 1. The second-order valence-electron chi connectivity index (χ2n) is 3.17. The third-order valence-corrected chi connectivity index (χ3v) is 1.91. The summed E-state index contributed by atoms with van der Waals surface area (Å²) in [7, 11) is 1.36. The number of carboxylic acid groups (broad SMARTS) is 1. The van der Waals surface area contributed by atoms with Crippen LogP contribution in [0, 0.1) is 0 Å². The van der Waals surface area contributed by atoms with Crippen LogP contribution in [0.1, 0.15) is 26.2 Å². The quantitative estimate of drug-likeness (QED) is 0.447. The van der Waals surface area contributed by atoms with Gasteiger partial charge in [0.1, 0.15) is 6.17 Å². The maximum absolute atomic E-state index is 12.7. The van der Waals surface area contributed by atoms with Crippen LogP contribution in [0.5, 0.6) is 0 Å². The van der Waals surface area contributed by atoms with Gasteiger partial charge in [-0.15, -0.1) is 0 Å². The molecule has 0 spiro atoms. The molecule has 0 aromatic rings. The zero-order chi connectivity index (χ0) is 11.1. The Labute approximate surface area is 111 Å². The molecule has 6 heteroatoms. The van der Waals surface area contributed by atoms with Crippen LogP contribution in [-0.2, 0) is 9.59 Å². The van der Waals surface area contributed by atoms with Crippen molar-refractivity contribution >= 4 is 11.9 Å². The molecule has 0 aromatic heterocycles. The number of alkyl halides is 1. The molecule has 1 atom stereocenters. The van der Waals surface area contributed by atoms with Gasteiger partial charge in [0.05, 0.1) is 12.5 Å². The minimum absolute atomic E-state index is 0. The molecule has 4 nitrogen and oxygen atoms in total. The normalized spacial score (nSPS) is 11.4. The van der Waals surface area contributed by atoms with Gasteiger partial charge in [-0.25, -0.2) is 4.39 Å². The summed E-state index contributed by atoms with van der Waals surface area (Å²) >= 11 is 0. The van der Waals surface area contributed by atoms with E-state index in [1.807, 2.05) is 0 Å². The molecule has 0 radical (unpaired) electrons. The van der Waals surface area contributed by atoms with E-state index in [4.69, 9.17) is 0 Å². The van der Waals surface area contributed by atoms with Crippen molar-refractivity contribution in [2.75, 3.05) is 13.6 Å². The Bertz CT molecular complexity index is 214. The van der Waals surface area contributed by atoms with Crippen molar-refractivity contribution in [3.63, 3.8) is 0 Å². The Morgan fingerprint density at radius 3 is 2.40 bits per heavy atom. The summed E-state index contributed by atoms with van der Waals surface area (Å²) in [6.45, 7) is 1.25. The third-order valence-electron chi connectivity index (χ3n) is 1.91. The van der Waals surface area contributed by atoms with Crippen molar-refractivity contribution in [3.8, 4) is 0 Å². The second kappa shape index (κ2) is 9.12. The molecule has 0 aliphatic heterocycles. The molecule has 1 unspecified atom stereocenters. The number of carbonyl (C=O) groups excluding carboxylic acids is 2. The molecule has 0 rings (SSSR count). The van der Waals surface area contributed by atoms with Gasteiger partial charge in [0.15, 0.2) is 0 Å². The summed E-state index contributed by atoms with van der Waals surface area (Å²) in [5.74, 6) is -1.68. The first-order valence-corrected chi connectivity index (χ1v) is 4.55. The van der Waals surface area contributed by atoms with Gasteiger partial charge in [0, 0.05) is 13.5 Å². The Balaban J connectivity index is 0. The number of carbonyl (C=O) groups is 2. The molecule has 15 heavy (non-hydrogen) atoms. The molecule has 0 saturated heterocycles. The topological polar surface area (TPSA) is 60.4 Å². The zero-order valence-electron chi connectivity index (χ0n) is 9.46. The van der Waals surface area contributed by atoms with Crippen molar-refractivity contribution in [1.29, 1.82) is 0 Å². The second-order valence-corrected chi connectivity index (χ2v) is 3.17. The van der Waals surface area contributed by atoms with Crippen molar-refractivity contribution in [2.45, 2.75) is 32.4 Å². The first kappa shape index (κ1) is 17.3. The van der Waals surface area contributed by atoms with Crippen molar-refractivity contribution < 1.29 is 48.6 Å². The fraction of sp³-hybridized carbons (Fsp3) is 0.778. The average molecular weight is 227 g/mol. The molecule has 0 aliphatic rings. The molecule has 1 amide bonds. The first-order valence-electron chi connectivity index (χ1n) is 4.55. The van der Waals surface area contributed by atoms with E-state index in [0.717, 1.165) is 4.90 Å². The molecule has 0 fully saturated rings. The number of hydrogen-bond donors (Lipinski definition) is 0. The standard InChI is InChI=1S/C9H16FNO3.Na/c1-3-7(10)4-5-8(12)11(2)6-9(13)14;/h7H,3-6H2,1-2H3,(H,13,14);/q;+1/p-1. The summed E-state index contributed by atoms with van der Waals surface area (Å²) < 4.78 is 12.7. The molecule has 0 aromatic carbocycles. The Kier molecular flexibility index (Phi) is 10.5. The van der Waals surface area contributed by atoms with Crippen molar-refractivity contribution in [2.24, 2.45) is 0 Å². The molecule has 0 bridgehead atoms. The van der Waals surface area contributed by atoms with E-state index in [1.54, 1.807) is 6.92 Å². The minimum Gasteiger partial charge on any atom is -0.548 e. The fourth-order valence-electron chi connectivity index (χ4n) is 0.957. The number of nitrogens with zero attached hydrogens (tertiary/aromatic N) is 1. The van der Waals surface area contributed by atoms with Crippen LogP contribution in [0.3, 0.4) is 0 Å². The Morgan fingerprint density at radius 2 is 2.00 bits per heavy atom. The predicted octanol–water partition coefficient (Wildman–Crippen LogP) is -3.27. The molecule has 82 valence electrons. The van der Waals surface area contributed by atoms with E-state index in [0.29, 0.717) is 6.42 Å². The van der Waals surface area contributed by atoms with Gasteiger partial charge >= 0.3 is 29.6 Å². The van der Waals surface area contributed by atoms with Crippen LogP contribution >= 0.6 is 0 Å². The fourth-order valence-corrected chi connectivity index (χ4v) is 0.957. The van der Waals surface area contributed by atoms with Gasteiger partial charge in [0.2, 0.25) is 5.91 Å². The molecular formula is C9H15FNNaO3. The number of aliphatic carboxylic acids is 1. The van der Waals surface area contributed by atoms with Crippen LogP contribution in [-0.4, -0.2) is 36.5 Å². The number of hydrogen-bond acceptors (Lipinski definition) is 3. The smallest absolute Gasteiger partial charge is 0.548 e. The molecular weight excluding hydrogens is 212 g/mol. The minimum atomic E-state index is -1.31. The number of rotatable bonds is 6. The Morgan fingerprint density at radius 1 is 1.47 bits per heavy atom. The van der Waals surface area contributed by atoms with E-state index in [2.05, 4.69) is 0 Å². The van der Waals surface area contributed by atoms with Crippen molar-refractivity contribution in [1.82, 2.24) is 4.90 Å². The summed E-state index contributed by atoms with van der Waals surface area (Å²) in [6, 6.07) is 0. The molecule has 0 heterocycles. The monoisotopic (exact) mass is 227 g/mol. The van der Waals surface area contributed by atoms with E-state index < -0.39 is 18.7 Å². The zero-order valence-corrected chi connectivity index (χ0v) is 11.5. The van der Waals surface area contributed by atoms with Gasteiger partial charge in [-0.1, -0.05) is 6.92 Å². The van der Waals surface area contributed by atoms with Gasteiger partial charge in [0.25, 0.3) is 0 Å². The summed E-state index contributed by atoms with van der Waals surface area (Å²) in [5.41, 5.74) is 0. The number of likely N-dealkylation sites (N-methyl/N-ethyl adjacent to an activating group) is 1. The largest absolute Gasteiger partial charge is 1.00 e. The van der Waals surface area contributed by atoms with Crippen molar-refractivity contribution in [3.05, 3.63) is 0 Å². The maximum Gasteiger partial charge on any atom is 1.00 e. The average Bonchev–Trinajstić information content (AvgIpc) is 2.12. The van der Waals surface area contributed by atoms with E-state index >= 15 is 0 Å². The number of carboxylic acids is 1. The van der Waals surface area contributed by atoms with E-state index in [1.165, 1.54) is 7.05 Å². The van der Waals surface area contributed by atoms with Crippen LogP contribution in [0.4, 0.5) is 4.39 Å². The van der Waals surface area contributed by atoms with Gasteiger partial charge in [-0.3, -0.25) is 4.79 Å². The predicted molar refractivity (Wildman–Crippen MR) is 47.1 cm³/mol. The third kappa shape index (κ3) is 8.84. The molecule has 0 aliphatic carbocycles. The SMILES string of the molecule is CCC(F)CCC(=O)N(C)CC(=O)[O-].[Na+]. The Hall–Kier alpha value is -0.130. The van der Waals surface area contributed by atoms with Crippen LogP contribution in [0.15, 0.2) is 0 Å². The van der Waals surface area contributed by atoms with Crippen LogP contribution in [0.2, 0.25) is 0 Å². The molecule has 0 N–H and O–H groups in total. The summed E-state index contributed by atoms with van der Waals surface area (Å²) in [5, 5.41) is 10.1. The number of halogens is 1. The van der Waals surface area contributed by atoms with E-state index in [9.17, 15) is 19.1 Å². The summed E-state index contributed by atoms with van der Waals surface area (Å²) in [4.78, 5) is 22.3. The van der Waals surface area contributed by atoms with Crippen LogP contribution < -0.4 is 34.7 Å². The van der Waals surface area contributed by atoms with Gasteiger partial charge < -0.3 is 14.8 Å². The van der Waals surface area contributed by atoms with E-state index in [-0.39, 0.29) is 48.3 Å². The maximum atomic E-state index is 12.7. The first-order chi connectivity index (χ1) is 6.47. The summed E-state index contributed by atoms with van der Waals surface area (Å²) in [6.07, 6.45) is -0.432. The molecule has 0 saturated carbocycles.